The van der Waals surface area contributed by atoms with E-state index in [9.17, 15) is 4.79 Å². The van der Waals surface area contributed by atoms with Crippen LogP contribution in [0.1, 0.15) is 19.4 Å². The van der Waals surface area contributed by atoms with Crippen LogP contribution in [0.4, 0.5) is 0 Å². The van der Waals surface area contributed by atoms with Gasteiger partial charge in [0.15, 0.2) is 8.32 Å². The lowest BCUT2D eigenvalue weighted by molar-refractivity contribution is -0.373. The number of hydroxylamine groups is 2. The molecule has 3 fully saturated rings. The maximum atomic E-state index is 13.0. The molecule has 1 aromatic rings. The number of hydrogen-bond donors (Lipinski definition) is 0. The summed E-state index contributed by atoms with van der Waals surface area (Å²) in [6.45, 7) is 8.79. The van der Waals surface area contributed by atoms with Crippen LogP contribution < -0.4 is 0 Å². The van der Waals surface area contributed by atoms with Gasteiger partial charge in [-0.1, -0.05) is 30.3 Å². The van der Waals surface area contributed by atoms with E-state index in [1.165, 1.54) is 5.23 Å². The fourth-order valence-electron chi connectivity index (χ4n) is 4.39. The average Bonchev–Trinajstić information content (AvgIpc) is 3.12. The minimum atomic E-state index is -2.16. The first-order chi connectivity index (χ1) is 11.4. The van der Waals surface area contributed by atoms with E-state index in [0.29, 0.717) is 13.2 Å². The van der Waals surface area contributed by atoms with Crippen LogP contribution in [0.2, 0.25) is 18.6 Å². The molecular formula is C17H23NO5Si. The highest BCUT2D eigenvalue weighted by atomic mass is 28.4. The van der Waals surface area contributed by atoms with Crippen molar-refractivity contribution in [3.8, 4) is 0 Å². The van der Waals surface area contributed by atoms with Gasteiger partial charge in [0.05, 0.1) is 13.2 Å². The molecule has 0 N–H and O–H groups in total. The van der Waals surface area contributed by atoms with E-state index in [-0.39, 0.29) is 11.5 Å². The summed E-state index contributed by atoms with van der Waals surface area (Å²) in [7, 11) is -2.16. The molecule has 7 heteroatoms. The second-order valence-corrected chi connectivity index (χ2v) is 11.5. The highest BCUT2D eigenvalue weighted by Gasteiger charge is 2.81. The van der Waals surface area contributed by atoms with Crippen LogP contribution in [0.25, 0.3) is 0 Å². The molecule has 3 aliphatic heterocycles. The van der Waals surface area contributed by atoms with Gasteiger partial charge in [-0.15, -0.1) is 0 Å². The molecule has 0 radical (unpaired) electrons. The summed E-state index contributed by atoms with van der Waals surface area (Å²) in [6.07, 6.45) is -0.458. The third-order valence-corrected chi connectivity index (χ3v) is 8.70. The van der Waals surface area contributed by atoms with Crippen molar-refractivity contribution >= 4 is 14.3 Å². The zero-order valence-corrected chi connectivity index (χ0v) is 15.4. The third-order valence-electron chi connectivity index (χ3n) is 5.57. The molecule has 1 aromatic carbocycles. The van der Waals surface area contributed by atoms with E-state index >= 15 is 0 Å². The zero-order chi connectivity index (χ0) is 17.2. The lowest BCUT2D eigenvalue weighted by Gasteiger charge is -2.31. The fourth-order valence-corrected chi connectivity index (χ4v) is 7.47. The molecule has 4 atom stereocenters. The smallest absolute Gasteiger partial charge is 0.334 e. The summed E-state index contributed by atoms with van der Waals surface area (Å²) in [5.41, 5.74) is -0.884. The van der Waals surface area contributed by atoms with E-state index in [2.05, 4.69) is 13.1 Å². The molecule has 3 heterocycles. The Morgan fingerprint density at radius 1 is 1.38 bits per heavy atom. The Kier molecular flexibility index (Phi) is 3.46. The summed E-state index contributed by atoms with van der Waals surface area (Å²) in [5.74, 6) is -0.310. The molecule has 0 spiro atoms. The summed E-state index contributed by atoms with van der Waals surface area (Å²) >= 11 is 0. The predicted molar refractivity (Wildman–Crippen MR) is 88.1 cm³/mol. The molecule has 0 aromatic heterocycles. The first-order valence-corrected chi connectivity index (χ1v) is 11.4. The van der Waals surface area contributed by atoms with Crippen molar-refractivity contribution in [2.45, 2.75) is 49.7 Å². The Bertz CT molecular complexity index is 668. The van der Waals surface area contributed by atoms with Gasteiger partial charge in [-0.3, -0.25) is 9.68 Å². The van der Waals surface area contributed by atoms with E-state index in [4.69, 9.17) is 18.8 Å². The second-order valence-electron chi connectivity index (χ2n) is 7.32. The number of ether oxygens (including phenoxy) is 1. The Hall–Kier alpha value is -1.25. The number of carbonyl (C=O) groups excluding carboxylic acids is 1. The van der Waals surface area contributed by atoms with Crippen LogP contribution in [0.3, 0.4) is 0 Å². The highest BCUT2D eigenvalue weighted by Crippen LogP contribution is 2.63. The van der Waals surface area contributed by atoms with Crippen LogP contribution in [0.15, 0.2) is 30.3 Å². The topological polar surface area (TPSA) is 57.2 Å². The Morgan fingerprint density at radius 2 is 2.08 bits per heavy atom. The van der Waals surface area contributed by atoms with Gasteiger partial charge in [-0.05, 0) is 37.7 Å². The first-order valence-electron chi connectivity index (χ1n) is 8.40. The molecule has 0 unspecified atom stereocenters. The van der Waals surface area contributed by atoms with Crippen molar-refractivity contribution in [1.82, 2.24) is 5.23 Å². The predicted octanol–water partition coefficient (Wildman–Crippen LogP) is 2.37. The third kappa shape index (κ3) is 1.82. The zero-order valence-electron chi connectivity index (χ0n) is 14.4. The van der Waals surface area contributed by atoms with E-state index in [1.54, 1.807) is 0 Å². The summed E-state index contributed by atoms with van der Waals surface area (Å²) < 4.78 is 12.0. The minimum absolute atomic E-state index is 0.0282. The summed E-state index contributed by atoms with van der Waals surface area (Å²) in [4.78, 5) is 25.0. The van der Waals surface area contributed by atoms with Crippen molar-refractivity contribution in [1.29, 1.82) is 0 Å². The molecule has 4 rings (SSSR count). The maximum Gasteiger partial charge on any atom is 0.334 e. The molecule has 3 aliphatic rings. The number of benzene rings is 1. The van der Waals surface area contributed by atoms with Gasteiger partial charge in [-0.2, -0.15) is 0 Å². The average molecular weight is 349 g/mol. The second kappa shape index (κ2) is 5.12. The van der Waals surface area contributed by atoms with E-state index in [1.807, 2.05) is 44.2 Å². The van der Waals surface area contributed by atoms with Crippen molar-refractivity contribution in [3.05, 3.63) is 35.9 Å². The highest BCUT2D eigenvalue weighted by molar-refractivity contribution is 6.74. The van der Waals surface area contributed by atoms with Crippen LogP contribution in [-0.4, -0.2) is 44.4 Å². The van der Waals surface area contributed by atoms with Crippen molar-refractivity contribution in [2.75, 3.05) is 13.2 Å². The van der Waals surface area contributed by atoms with Crippen LogP contribution >= 0.6 is 0 Å². The molecule has 3 saturated heterocycles. The quantitative estimate of drug-likeness (QED) is 0.617. The Morgan fingerprint density at radius 3 is 2.75 bits per heavy atom. The van der Waals surface area contributed by atoms with E-state index < -0.39 is 25.6 Å². The van der Waals surface area contributed by atoms with Gasteiger partial charge >= 0.3 is 5.97 Å². The molecule has 0 amide bonds. The Labute approximate surface area is 142 Å². The SMILES string of the molecule is CCOC(=O)[C@@]12[C@H]3O[Si](C)(C)[C@@H]1CON2O[C@@]3(C)c1ccccc1. The van der Waals surface area contributed by atoms with Crippen molar-refractivity contribution < 1.29 is 23.6 Å². The summed E-state index contributed by atoms with van der Waals surface area (Å²) in [6, 6.07) is 9.86. The molecule has 130 valence electrons. The van der Waals surface area contributed by atoms with Crippen molar-refractivity contribution in [3.63, 3.8) is 0 Å². The van der Waals surface area contributed by atoms with Gasteiger partial charge in [0.25, 0.3) is 0 Å². The van der Waals surface area contributed by atoms with Gasteiger partial charge in [0.1, 0.15) is 11.7 Å². The monoisotopic (exact) mass is 349 g/mol. The molecule has 0 bridgehead atoms. The number of esters is 1. The minimum Gasteiger partial charge on any atom is -0.464 e. The van der Waals surface area contributed by atoms with Crippen LogP contribution in [0, 0.1) is 0 Å². The van der Waals surface area contributed by atoms with E-state index in [0.717, 1.165) is 5.56 Å². The lowest BCUT2D eigenvalue weighted by atomic mass is 9.78. The lowest BCUT2D eigenvalue weighted by Crippen LogP contribution is -2.55. The number of nitrogens with zero attached hydrogens (tertiary/aromatic N) is 1. The molecular weight excluding hydrogens is 326 g/mol. The van der Waals surface area contributed by atoms with Gasteiger partial charge in [-0.25, -0.2) is 4.79 Å². The van der Waals surface area contributed by atoms with Crippen LogP contribution in [-0.2, 0) is 29.2 Å². The number of carbonyl (C=O) groups is 1. The first kappa shape index (κ1) is 16.2. The molecule has 24 heavy (non-hydrogen) atoms. The van der Waals surface area contributed by atoms with Gasteiger partial charge < -0.3 is 9.16 Å². The van der Waals surface area contributed by atoms with Gasteiger partial charge in [0.2, 0.25) is 5.54 Å². The number of rotatable bonds is 3. The normalized spacial score (nSPS) is 39.8. The molecule has 6 nitrogen and oxygen atoms in total. The van der Waals surface area contributed by atoms with Crippen molar-refractivity contribution in [2.24, 2.45) is 0 Å². The standard InChI is InChI=1S/C17H23NO5Si/c1-5-20-15(19)17-13-11-21-18(17)23-16(2,12-9-7-6-8-10-12)14(17)22-24(13,3)4/h6-10,13-14H,5,11H2,1-4H3/t13-,14+,16+,17+/m1/s1. The molecule has 0 aliphatic carbocycles. The van der Waals surface area contributed by atoms with Crippen LogP contribution in [0.5, 0.6) is 0 Å². The molecule has 0 saturated carbocycles. The fraction of sp³-hybridized carbons (Fsp3) is 0.588. The van der Waals surface area contributed by atoms with Gasteiger partial charge in [0, 0.05) is 5.54 Å². The largest absolute Gasteiger partial charge is 0.464 e. The summed E-state index contributed by atoms with van der Waals surface area (Å²) in [5, 5.41) is 1.38. The Balaban J connectivity index is 1.87. The number of hydrogen-bond acceptors (Lipinski definition) is 6. The maximum absolute atomic E-state index is 13.0.